The summed E-state index contributed by atoms with van der Waals surface area (Å²) >= 11 is 3.46. The topological polar surface area (TPSA) is 53.1 Å². The van der Waals surface area contributed by atoms with E-state index < -0.39 is 0 Å². The molecule has 5 heteroatoms. The average Bonchev–Trinajstić information content (AvgIpc) is 2.73. The lowest BCUT2D eigenvalue weighted by molar-refractivity contribution is 0.298. The predicted molar refractivity (Wildman–Crippen MR) is 69.6 cm³/mol. The SMILES string of the molecule is Cn1ccc(COc2ccc(CN)cc2Br)n1. The first-order chi connectivity index (χ1) is 8.19. The van der Waals surface area contributed by atoms with E-state index in [0.717, 1.165) is 21.5 Å². The second-order valence-corrected chi connectivity index (χ2v) is 4.59. The molecular formula is C12H14BrN3O. The van der Waals surface area contributed by atoms with Crippen LogP contribution in [0, 0.1) is 0 Å². The number of ether oxygens (including phenoxy) is 1. The zero-order valence-corrected chi connectivity index (χ0v) is 11.1. The number of nitrogens with zero attached hydrogens (tertiary/aromatic N) is 2. The van der Waals surface area contributed by atoms with E-state index in [1.807, 2.05) is 37.5 Å². The Bertz CT molecular complexity index is 510. The van der Waals surface area contributed by atoms with E-state index in [1.165, 1.54) is 0 Å². The van der Waals surface area contributed by atoms with Crippen LogP contribution in [0.4, 0.5) is 0 Å². The fourth-order valence-electron chi connectivity index (χ4n) is 1.48. The van der Waals surface area contributed by atoms with Crippen molar-refractivity contribution in [3.8, 4) is 5.75 Å². The Kier molecular flexibility index (Phi) is 3.81. The first kappa shape index (κ1) is 12.1. The summed E-state index contributed by atoms with van der Waals surface area (Å²) in [6, 6.07) is 7.77. The molecule has 1 aromatic carbocycles. The lowest BCUT2D eigenvalue weighted by Gasteiger charge is -2.07. The van der Waals surface area contributed by atoms with E-state index in [2.05, 4.69) is 21.0 Å². The molecule has 0 unspecified atom stereocenters. The molecule has 0 radical (unpaired) electrons. The van der Waals surface area contributed by atoms with Gasteiger partial charge in [0.15, 0.2) is 0 Å². The molecule has 2 aromatic rings. The van der Waals surface area contributed by atoms with Crippen LogP contribution in [0.15, 0.2) is 34.9 Å². The normalized spacial score (nSPS) is 10.5. The number of aryl methyl sites for hydroxylation is 1. The van der Waals surface area contributed by atoms with Gasteiger partial charge in [0.05, 0.1) is 10.2 Å². The number of rotatable bonds is 4. The van der Waals surface area contributed by atoms with E-state index in [-0.39, 0.29) is 0 Å². The lowest BCUT2D eigenvalue weighted by Crippen LogP contribution is -2.00. The fourth-order valence-corrected chi connectivity index (χ4v) is 2.02. The molecule has 90 valence electrons. The minimum atomic E-state index is 0.460. The van der Waals surface area contributed by atoms with Gasteiger partial charge in [-0.15, -0.1) is 0 Å². The van der Waals surface area contributed by atoms with E-state index >= 15 is 0 Å². The summed E-state index contributed by atoms with van der Waals surface area (Å²) in [6.45, 7) is 0.987. The van der Waals surface area contributed by atoms with Gasteiger partial charge in [0.25, 0.3) is 0 Å². The summed E-state index contributed by atoms with van der Waals surface area (Å²) in [5.74, 6) is 0.799. The van der Waals surface area contributed by atoms with Gasteiger partial charge in [-0.1, -0.05) is 6.07 Å². The summed E-state index contributed by atoms with van der Waals surface area (Å²) in [7, 11) is 1.88. The highest BCUT2D eigenvalue weighted by atomic mass is 79.9. The second-order valence-electron chi connectivity index (χ2n) is 3.74. The molecule has 0 fully saturated rings. The highest BCUT2D eigenvalue weighted by Crippen LogP contribution is 2.26. The van der Waals surface area contributed by atoms with E-state index in [9.17, 15) is 0 Å². The van der Waals surface area contributed by atoms with Gasteiger partial charge in [-0.25, -0.2) is 0 Å². The van der Waals surface area contributed by atoms with Crippen LogP contribution >= 0.6 is 15.9 Å². The molecule has 0 aliphatic heterocycles. The number of benzene rings is 1. The minimum Gasteiger partial charge on any atom is -0.486 e. The second kappa shape index (κ2) is 5.33. The minimum absolute atomic E-state index is 0.460. The third-order valence-electron chi connectivity index (χ3n) is 2.38. The van der Waals surface area contributed by atoms with Crippen molar-refractivity contribution in [2.75, 3.05) is 0 Å². The maximum atomic E-state index is 5.67. The summed E-state index contributed by atoms with van der Waals surface area (Å²) in [5, 5.41) is 4.25. The van der Waals surface area contributed by atoms with Crippen molar-refractivity contribution in [2.45, 2.75) is 13.2 Å². The highest BCUT2D eigenvalue weighted by molar-refractivity contribution is 9.10. The molecule has 0 atom stereocenters. The van der Waals surface area contributed by atoms with Crippen LogP contribution in [-0.2, 0) is 20.2 Å². The van der Waals surface area contributed by atoms with Crippen molar-refractivity contribution in [3.63, 3.8) is 0 Å². The Morgan fingerprint density at radius 2 is 2.24 bits per heavy atom. The molecule has 0 saturated carbocycles. The Morgan fingerprint density at radius 1 is 1.41 bits per heavy atom. The van der Waals surface area contributed by atoms with Crippen molar-refractivity contribution in [1.29, 1.82) is 0 Å². The van der Waals surface area contributed by atoms with Gasteiger partial charge >= 0.3 is 0 Å². The molecule has 1 heterocycles. The van der Waals surface area contributed by atoms with Gasteiger partial charge in [0.2, 0.25) is 0 Å². The number of nitrogens with two attached hydrogens (primary N) is 1. The zero-order chi connectivity index (χ0) is 12.3. The third kappa shape index (κ3) is 3.08. The summed E-state index contributed by atoms with van der Waals surface area (Å²) in [6.07, 6.45) is 1.89. The van der Waals surface area contributed by atoms with Gasteiger partial charge in [-0.05, 0) is 39.7 Å². The molecule has 2 rings (SSSR count). The molecule has 0 spiro atoms. The quantitative estimate of drug-likeness (QED) is 0.941. The Balaban J connectivity index is 2.04. The molecule has 4 nitrogen and oxygen atoms in total. The van der Waals surface area contributed by atoms with Crippen molar-refractivity contribution < 1.29 is 4.74 Å². The van der Waals surface area contributed by atoms with Gasteiger partial charge in [-0.3, -0.25) is 4.68 Å². The Labute approximate surface area is 109 Å². The highest BCUT2D eigenvalue weighted by Gasteiger charge is 2.04. The molecule has 1 aromatic heterocycles. The maximum absolute atomic E-state index is 5.67. The maximum Gasteiger partial charge on any atom is 0.134 e. The monoisotopic (exact) mass is 295 g/mol. The zero-order valence-electron chi connectivity index (χ0n) is 9.56. The molecule has 0 aliphatic carbocycles. The van der Waals surface area contributed by atoms with Crippen LogP contribution in [0.3, 0.4) is 0 Å². The molecule has 0 amide bonds. The number of hydrogen-bond donors (Lipinski definition) is 1. The predicted octanol–water partition coefficient (Wildman–Crippen LogP) is 2.22. The summed E-state index contributed by atoms with van der Waals surface area (Å²) < 4.78 is 8.34. The van der Waals surface area contributed by atoms with Crippen molar-refractivity contribution in [3.05, 3.63) is 46.2 Å². The molecular weight excluding hydrogens is 282 g/mol. The van der Waals surface area contributed by atoms with Crippen LogP contribution in [0.2, 0.25) is 0 Å². The molecule has 0 saturated heterocycles. The van der Waals surface area contributed by atoms with E-state index in [4.69, 9.17) is 10.5 Å². The summed E-state index contributed by atoms with van der Waals surface area (Å²) in [5.41, 5.74) is 7.54. The van der Waals surface area contributed by atoms with E-state index in [0.29, 0.717) is 13.2 Å². The van der Waals surface area contributed by atoms with Crippen molar-refractivity contribution in [2.24, 2.45) is 12.8 Å². The van der Waals surface area contributed by atoms with Crippen LogP contribution in [-0.4, -0.2) is 9.78 Å². The average molecular weight is 296 g/mol. The largest absolute Gasteiger partial charge is 0.486 e. The molecule has 17 heavy (non-hydrogen) atoms. The third-order valence-corrected chi connectivity index (χ3v) is 3.00. The lowest BCUT2D eigenvalue weighted by atomic mass is 10.2. The van der Waals surface area contributed by atoms with Crippen LogP contribution < -0.4 is 10.5 Å². The molecule has 2 N–H and O–H groups in total. The van der Waals surface area contributed by atoms with Crippen LogP contribution in [0.5, 0.6) is 5.75 Å². The van der Waals surface area contributed by atoms with Crippen LogP contribution in [0.1, 0.15) is 11.3 Å². The number of halogens is 1. The summed E-state index contributed by atoms with van der Waals surface area (Å²) in [4.78, 5) is 0. The van der Waals surface area contributed by atoms with Gasteiger partial charge in [-0.2, -0.15) is 5.10 Å². The van der Waals surface area contributed by atoms with Gasteiger partial charge in [0.1, 0.15) is 12.4 Å². The smallest absolute Gasteiger partial charge is 0.134 e. The molecule has 0 bridgehead atoms. The van der Waals surface area contributed by atoms with Crippen molar-refractivity contribution >= 4 is 15.9 Å². The number of aromatic nitrogens is 2. The van der Waals surface area contributed by atoms with E-state index in [1.54, 1.807) is 4.68 Å². The number of hydrogen-bond acceptors (Lipinski definition) is 3. The standard InChI is InChI=1S/C12H14BrN3O/c1-16-5-4-10(15-16)8-17-12-3-2-9(7-14)6-11(12)13/h2-6H,7-8,14H2,1H3. The van der Waals surface area contributed by atoms with Gasteiger partial charge in [0, 0.05) is 19.8 Å². The first-order valence-corrected chi connectivity index (χ1v) is 6.08. The first-order valence-electron chi connectivity index (χ1n) is 5.29. The van der Waals surface area contributed by atoms with Gasteiger partial charge < -0.3 is 10.5 Å². The fraction of sp³-hybridized carbons (Fsp3) is 0.250. The Hall–Kier alpha value is -1.33. The Morgan fingerprint density at radius 3 is 2.82 bits per heavy atom. The van der Waals surface area contributed by atoms with Crippen molar-refractivity contribution in [1.82, 2.24) is 9.78 Å². The molecule has 0 aliphatic rings. The van der Waals surface area contributed by atoms with Crippen LogP contribution in [0.25, 0.3) is 0 Å².